The van der Waals surface area contributed by atoms with Crippen LogP contribution in [0.3, 0.4) is 0 Å². The Labute approximate surface area is 42.3 Å². The number of nitrogens with two attached hydrogens (primary N) is 1. The molecule has 2 N–H and O–H groups in total. The molecule has 0 saturated heterocycles. The van der Waals surface area contributed by atoms with Crippen molar-refractivity contribution in [3.8, 4) is 0 Å². The summed E-state index contributed by atoms with van der Waals surface area (Å²) in [7, 11) is 0. The van der Waals surface area contributed by atoms with Gasteiger partial charge in [-0.2, -0.15) is 0 Å². The Morgan fingerprint density at radius 2 is 2.57 bits per heavy atom. The fraction of sp³-hybridized carbons (Fsp3) is 0.250. The highest BCUT2D eigenvalue weighted by molar-refractivity contribution is 5.71. The van der Waals surface area contributed by atoms with E-state index in [1.807, 2.05) is 0 Å². The van der Waals surface area contributed by atoms with E-state index in [-0.39, 0.29) is 0 Å². The van der Waals surface area contributed by atoms with Crippen LogP contribution in [-0.4, -0.2) is 10.6 Å². The number of nitrogens with zero attached hydrogens (tertiary/aromatic N) is 2. The van der Waals surface area contributed by atoms with E-state index in [0.29, 0.717) is 5.84 Å². The molecule has 0 aliphatic heterocycles. The second-order valence-corrected chi connectivity index (χ2v) is 1.04. The van der Waals surface area contributed by atoms with Gasteiger partial charge in [0.15, 0.2) is 0 Å². The van der Waals surface area contributed by atoms with Crippen LogP contribution < -0.4 is 5.73 Å². The van der Waals surface area contributed by atoms with E-state index in [2.05, 4.69) is 16.5 Å². The van der Waals surface area contributed by atoms with Crippen LogP contribution in [0, 0.1) is 0 Å². The predicted octanol–water partition coefficient (Wildman–Crippen LogP) is 0.167. The zero-order chi connectivity index (χ0) is 5.70. The molecule has 0 aromatic carbocycles. The molecule has 0 fully saturated rings. The lowest BCUT2D eigenvalue weighted by Crippen LogP contribution is -2.05. The number of rotatable bonds is 1. The molecule has 3 heteroatoms. The minimum absolute atomic E-state index is 0.444. The Kier molecular flexibility index (Phi) is 2.64. The van der Waals surface area contributed by atoms with E-state index in [1.54, 1.807) is 6.92 Å². The minimum atomic E-state index is 0.444. The molecule has 0 rings (SSSR count). The maximum atomic E-state index is 5.09. The highest BCUT2D eigenvalue weighted by atomic mass is 15.0. The van der Waals surface area contributed by atoms with Crippen LogP contribution in [0.15, 0.2) is 17.9 Å². The van der Waals surface area contributed by atoms with E-state index < -0.39 is 0 Å². The maximum Gasteiger partial charge on any atom is 0.370 e. The van der Waals surface area contributed by atoms with Gasteiger partial charge in [0.05, 0.1) is 13.1 Å². The molecule has 3 nitrogen and oxygen atoms in total. The third kappa shape index (κ3) is 4.92. The Bertz CT molecular complexity index is 115. The second kappa shape index (κ2) is 3.12. The SMILES string of the molecule is C=CN=[N+]=C(C)N. The summed E-state index contributed by atoms with van der Waals surface area (Å²) >= 11 is 0. The van der Waals surface area contributed by atoms with Gasteiger partial charge in [-0.25, -0.2) is 0 Å². The molecule has 0 saturated carbocycles. The van der Waals surface area contributed by atoms with Gasteiger partial charge >= 0.3 is 5.84 Å². The molecule has 0 atom stereocenters. The molecule has 0 bridgehead atoms. The zero-order valence-corrected chi connectivity index (χ0v) is 4.26. The van der Waals surface area contributed by atoms with Crippen molar-refractivity contribution in [3.05, 3.63) is 12.8 Å². The van der Waals surface area contributed by atoms with Crippen LogP contribution in [0.2, 0.25) is 0 Å². The maximum absolute atomic E-state index is 5.09. The molecule has 0 unspecified atom stereocenters. The van der Waals surface area contributed by atoms with Crippen LogP contribution in [0.1, 0.15) is 6.92 Å². The van der Waals surface area contributed by atoms with E-state index in [4.69, 9.17) is 5.73 Å². The quantitative estimate of drug-likeness (QED) is 0.216. The number of hydrogen-bond acceptors (Lipinski definition) is 1. The molecule has 0 heterocycles. The first-order valence-corrected chi connectivity index (χ1v) is 1.88. The van der Waals surface area contributed by atoms with Gasteiger partial charge in [-0.1, -0.05) is 11.4 Å². The second-order valence-electron chi connectivity index (χ2n) is 1.04. The third-order valence-electron chi connectivity index (χ3n) is 0.297. The summed E-state index contributed by atoms with van der Waals surface area (Å²) < 4.78 is 0. The normalized spacial score (nSPS) is 6.43. The average molecular weight is 98.1 g/mol. The monoisotopic (exact) mass is 98.1 g/mol. The standard InChI is InChI=1S/C4H7N3/c1-3-6-7-4(2)5/h3,5H,1H2,2H3/p+1. The van der Waals surface area contributed by atoms with Gasteiger partial charge in [0, 0.05) is 5.11 Å². The predicted molar refractivity (Wildman–Crippen MR) is 27.8 cm³/mol. The lowest BCUT2D eigenvalue weighted by atomic mass is 10.7. The molecule has 38 valence electrons. The van der Waals surface area contributed by atoms with Crippen molar-refractivity contribution in [1.29, 1.82) is 0 Å². The fourth-order valence-corrected chi connectivity index (χ4v) is 0.132. The Morgan fingerprint density at radius 1 is 2.00 bits per heavy atom. The molecule has 0 aromatic rings. The van der Waals surface area contributed by atoms with E-state index in [1.165, 1.54) is 6.20 Å². The molecular weight excluding hydrogens is 90.1 g/mol. The molecule has 0 aliphatic rings. The summed E-state index contributed by atoms with van der Waals surface area (Å²) in [5, 5.41) is 3.40. The first kappa shape index (κ1) is 5.92. The average Bonchev–Trinajstić information content (AvgIpc) is 1.61. The van der Waals surface area contributed by atoms with E-state index in [0.717, 1.165) is 0 Å². The molecule has 0 spiro atoms. The van der Waals surface area contributed by atoms with Gasteiger partial charge in [-0.3, -0.25) is 5.73 Å². The largest absolute Gasteiger partial charge is 0.370 e. The van der Waals surface area contributed by atoms with Crippen LogP contribution in [0.5, 0.6) is 0 Å². The van der Waals surface area contributed by atoms with Crippen molar-refractivity contribution in [3.63, 3.8) is 0 Å². The Hall–Kier alpha value is -1.08. The van der Waals surface area contributed by atoms with Crippen LogP contribution >= 0.6 is 0 Å². The van der Waals surface area contributed by atoms with Gasteiger partial charge in [0.2, 0.25) is 0 Å². The smallest absolute Gasteiger partial charge is 0.275 e. The van der Waals surface area contributed by atoms with Crippen molar-refractivity contribution < 1.29 is 4.79 Å². The molecule has 0 amide bonds. The van der Waals surface area contributed by atoms with E-state index in [9.17, 15) is 0 Å². The highest BCUT2D eigenvalue weighted by Crippen LogP contribution is 1.56. The summed E-state index contributed by atoms with van der Waals surface area (Å²) in [5.74, 6) is 0.444. The van der Waals surface area contributed by atoms with Gasteiger partial charge in [0.25, 0.3) is 0 Å². The number of hydrogen-bond donors (Lipinski definition) is 1. The summed E-state index contributed by atoms with van der Waals surface area (Å²) in [6, 6.07) is 0. The minimum Gasteiger partial charge on any atom is -0.275 e. The summed E-state index contributed by atoms with van der Waals surface area (Å²) in [5.41, 5.74) is 5.09. The summed E-state index contributed by atoms with van der Waals surface area (Å²) in [6.45, 7) is 4.96. The van der Waals surface area contributed by atoms with Crippen molar-refractivity contribution in [2.45, 2.75) is 6.92 Å². The highest BCUT2D eigenvalue weighted by Gasteiger charge is 1.79. The molecule has 0 aromatic heterocycles. The lowest BCUT2D eigenvalue weighted by molar-refractivity contribution is -0.0813. The molecule has 0 aliphatic carbocycles. The molecule has 0 radical (unpaired) electrons. The van der Waals surface area contributed by atoms with Gasteiger partial charge < -0.3 is 0 Å². The summed E-state index contributed by atoms with van der Waals surface area (Å²) in [6.07, 6.45) is 1.33. The van der Waals surface area contributed by atoms with E-state index >= 15 is 0 Å². The van der Waals surface area contributed by atoms with Crippen molar-refractivity contribution in [2.75, 3.05) is 0 Å². The van der Waals surface area contributed by atoms with Gasteiger partial charge in [-0.15, -0.1) is 0 Å². The van der Waals surface area contributed by atoms with Gasteiger partial charge in [0.1, 0.15) is 0 Å². The zero-order valence-electron chi connectivity index (χ0n) is 4.26. The first-order chi connectivity index (χ1) is 3.27. The van der Waals surface area contributed by atoms with Crippen LogP contribution in [0.4, 0.5) is 0 Å². The van der Waals surface area contributed by atoms with Crippen molar-refractivity contribution in [2.24, 2.45) is 10.8 Å². The van der Waals surface area contributed by atoms with Crippen LogP contribution in [0.25, 0.3) is 0 Å². The third-order valence-corrected chi connectivity index (χ3v) is 0.297. The first-order valence-electron chi connectivity index (χ1n) is 1.88. The fourth-order valence-electron chi connectivity index (χ4n) is 0.132. The van der Waals surface area contributed by atoms with Crippen molar-refractivity contribution in [1.82, 2.24) is 0 Å². The lowest BCUT2D eigenvalue weighted by Gasteiger charge is -1.57. The van der Waals surface area contributed by atoms with Crippen molar-refractivity contribution >= 4 is 5.84 Å². The Balaban J connectivity index is 3.86. The molecule has 7 heavy (non-hydrogen) atoms. The Morgan fingerprint density at radius 3 is 2.71 bits per heavy atom. The van der Waals surface area contributed by atoms with Gasteiger partial charge in [-0.05, 0) is 0 Å². The summed E-state index contributed by atoms with van der Waals surface area (Å²) in [4.78, 5) is 3.44. The molecular formula is C4H8N3+. The topological polar surface area (TPSA) is 52.5 Å². The number of amidine groups is 1. The van der Waals surface area contributed by atoms with Crippen LogP contribution in [-0.2, 0) is 0 Å².